The normalized spacial score (nSPS) is 14.1. The number of para-hydroxylation sites is 1. The smallest absolute Gasteiger partial charge is 0.346 e. The lowest BCUT2D eigenvalue weighted by atomic mass is 10.3. The Labute approximate surface area is 210 Å². The molecule has 0 unspecified atom stereocenters. The highest BCUT2D eigenvalue weighted by Gasteiger charge is 2.19. The zero-order valence-corrected chi connectivity index (χ0v) is 20.9. The van der Waals surface area contributed by atoms with Crippen molar-refractivity contribution in [3.8, 4) is 5.75 Å². The average molecular weight is 508 g/mol. The van der Waals surface area contributed by atoms with E-state index in [9.17, 15) is 4.79 Å². The molecule has 184 valence electrons. The monoisotopic (exact) mass is 507 g/mol. The van der Waals surface area contributed by atoms with Gasteiger partial charge in [-0.15, -0.1) is 12.4 Å². The SMILES string of the molecule is CCc1nn(CCCN2CCN(c3cncc(Cl)n3)CC2)c(=O)n1CCOc1ccccc1.Cl. The minimum atomic E-state index is -0.0622. The van der Waals surface area contributed by atoms with E-state index in [1.165, 1.54) is 0 Å². The van der Waals surface area contributed by atoms with Crippen molar-refractivity contribution < 1.29 is 4.74 Å². The summed E-state index contributed by atoms with van der Waals surface area (Å²) in [6, 6.07) is 9.64. The molecule has 0 bridgehead atoms. The number of anilines is 1. The van der Waals surface area contributed by atoms with Gasteiger partial charge in [-0.2, -0.15) is 5.10 Å². The van der Waals surface area contributed by atoms with Gasteiger partial charge in [0.25, 0.3) is 0 Å². The lowest BCUT2D eigenvalue weighted by Crippen LogP contribution is -2.47. The molecule has 9 nitrogen and oxygen atoms in total. The molecule has 0 atom stereocenters. The summed E-state index contributed by atoms with van der Waals surface area (Å²) in [7, 11) is 0. The van der Waals surface area contributed by atoms with Crippen LogP contribution in [0.4, 0.5) is 5.82 Å². The number of hydrogen-bond acceptors (Lipinski definition) is 7. The third kappa shape index (κ3) is 6.71. The van der Waals surface area contributed by atoms with Crippen LogP contribution in [-0.2, 0) is 19.5 Å². The van der Waals surface area contributed by atoms with Crippen LogP contribution in [0.1, 0.15) is 19.2 Å². The van der Waals surface area contributed by atoms with Gasteiger partial charge < -0.3 is 9.64 Å². The Morgan fingerprint density at radius 2 is 1.79 bits per heavy atom. The highest BCUT2D eigenvalue weighted by atomic mass is 35.5. The molecular weight excluding hydrogens is 477 g/mol. The predicted octanol–water partition coefficient (Wildman–Crippen LogP) is 2.76. The molecule has 1 saturated heterocycles. The van der Waals surface area contributed by atoms with Gasteiger partial charge in [0.2, 0.25) is 0 Å². The molecule has 1 fully saturated rings. The second-order valence-corrected chi connectivity index (χ2v) is 8.36. The molecule has 4 rings (SSSR count). The zero-order valence-electron chi connectivity index (χ0n) is 19.3. The third-order valence-corrected chi connectivity index (χ3v) is 5.96. The van der Waals surface area contributed by atoms with E-state index < -0.39 is 0 Å². The molecule has 0 aliphatic carbocycles. The average Bonchev–Trinajstić information content (AvgIpc) is 3.15. The molecule has 0 radical (unpaired) electrons. The molecule has 3 heterocycles. The first-order valence-corrected chi connectivity index (χ1v) is 11.8. The Bertz CT molecular complexity index is 1080. The molecule has 0 amide bonds. The third-order valence-electron chi connectivity index (χ3n) is 5.78. The van der Waals surface area contributed by atoms with Gasteiger partial charge in [-0.25, -0.2) is 14.5 Å². The van der Waals surface area contributed by atoms with Crippen LogP contribution in [0.3, 0.4) is 0 Å². The van der Waals surface area contributed by atoms with Crippen molar-refractivity contribution in [1.29, 1.82) is 0 Å². The quantitative estimate of drug-likeness (QED) is 0.417. The van der Waals surface area contributed by atoms with Gasteiger partial charge >= 0.3 is 5.69 Å². The fourth-order valence-corrected chi connectivity index (χ4v) is 4.16. The van der Waals surface area contributed by atoms with Gasteiger partial charge in [-0.05, 0) is 18.6 Å². The van der Waals surface area contributed by atoms with E-state index >= 15 is 0 Å². The molecule has 1 aromatic carbocycles. The molecule has 0 spiro atoms. The maximum absolute atomic E-state index is 12.9. The van der Waals surface area contributed by atoms with Crippen LogP contribution in [0, 0.1) is 0 Å². The zero-order chi connectivity index (χ0) is 23.0. The molecule has 1 aliphatic rings. The fraction of sp³-hybridized carbons (Fsp3) is 0.478. The van der Waals surface area contributed by atoms with Gasteiger partial charge in [0.1, 0.15) is 29.2 Å². The predicted molar refractivity (Wildman–Crippen MR) is 135 cm³/mol. The van der Waals surface area contributed by atoms with Crippen LogP contribution in [-0.4, -0.2) is 68.5 Å². The largest absolute Gasteiger partial charge is 0.492 e. The Kier molecular flexibility index (Phi) is 9.74. The van der Waals surface area contributed by atoms with Gasteiger partial charge in [-0.3, -0.25) is 14.5 Å². The highest BCUT2D eigenvalue weighted by molar-refractivity contribution is 6.29. The van der Waals surface area contributed by atoms with Gasteiger partial charge in [-0.1, -0.05) is 36.7 Å². The lowest BCUT2D eigenvalue weighted by Gasteiger charge is -2.35. The standard InChI is InChI=1S/C23H30ClN7O2.ClH/c1-2-21-27-31(23(32)30(21)15-16-33-19-7-4-3-5-8-19)10-6-9-28-11-13-29(14-12-28)22-18-25-17-20(24)26-22;/h3-5,7-8,17-18H,2,6,9-16H2,1H3;1H. The summed E-state index contributed by atoms with van der Waals surface area (Å²) >= 11 is 5.96. The number of ether oxygens (including phenoxy) is 1. The number of hydrogen-bond donors (Lipinski definition) is 0. The van der Waals surface area contributed by atoms with Crippen LogP contribution in [0.25, 0.3) is 0 Å². The van der Waals surface area contributed by atoms with Gasteiger partial charge in [0.05, 0.1) is 18.9 Å². The number of piperazine rings is 1. The number of nitrogens with zero attached hydrogens (tertiary/aromatic N) is 7. The van der Waals surface area contributed by atoms with Crippen molar-refractivity contribution in [3.05, 3.63) is 64.2 Å². The molecule has 0 saturated carbocycles. The first-order chi connectivity index (χ1) is 16.1. The number of rotatable bonds is 10. The van der Waals surface area contributed by atoms with E-state index in [0.717, 1.165) is 56.5 Å². The summed E-state index contributed by atoms with van der Waals surface area (Å²) in [5.41, 5.74) is -0.0622. The first-order valence-electron chi connectivity index (χ1n) is 11.4. The molecule has 1 aliphatic heterocycles. The summed E-state index contributed by atoms with van der Waals surface area (Å²) in [5.74, 6) is 2.42. The summed E-state index contributed by atoms with van der Waals surface area (Å²) in [6.45, 7) is 8.12. The summed E-state index contributed by atoms with van der Waals surface area (Å²) in [4.78, 5) is 25.9. The molecule has 3 aromatic rings. The molecule has 11 heteroatoms. The van der Waals surface area contributed by atoms with E-state index in [4.69, 9.17) is 16.3 Å². The maximum Gasteiger partial charge on any atom is 0.346 e. The Morgan fingerprint density at radius 1 is 1.03 bits per heavy atom. The van der Waals surface area contributed by atoms with Gasteiger partial charge in [0.15, 0.2) is 0 Å². The second kappa shape index (κ2) is 12.7. The first kappa shape index (κ1) is 26.0. The minimum Gasteiger partial charge on any atom is -0.492 e. The number of aryl methyl sites for hydroxylation is 2. The van der Waals surface area contributed by atoms with Crippen molar-refractivity contribution in [3.63, 3.8) is 0 Å². The summed E-state index contributed by atoms with van der Waals surface area (Å²) in [6.07, 6.45) is 4.88. The van der Waals surface area contributed by atoms with Crippen molar-refractivity contribution in [2.45, 2.75) is 32.9 Å². The fourth-order valence-electron chi connectivity index (χ4n) is 4.02. The second-order valence-electron chi connectivity index (χ2n) is 7.97. The van der Waals surface area contributed by atoms with E-state index in [-0.39, 0.29) is 18.1 Å². The Morgan fingerprint density at radius 3 is 2.50 bits per heavy atom. The Hall–Kier alpha value is -2.62. The van der Waals surface area contributed by atoms with Crippen molar-refractivity contribution >= 4 is 29.8 Å². The van der Waals surface area contributed by atoms with Crippen LogP contribution in [0.5, 0.6) is 5.75 Å². The van der Waals surface area contributed by atoms with Crippen LogP contribution in [0.2, 0.25) is 5.15 Å². The minimum absolute atomic E-state index is 0. The van der Waals surface area contributed by atoms with E-state index in [1.807, 2.05) is 37.3 Å². The molecule has 34 heavy (non-hydrogen) atoms. The highest BCUT2D eigenvalue weighted by Crippen LogP contribution is 2.15. The molecule has 2 aromatic heterocycles. The molecule has 0 N–H and O–H groups in total. The summed E-state index contributed by atoms with van der Waals surface area (Å²) in [5, 5.41) is 4.97. The summed E-state index contributed by atoms with van der Waals surface area (Å²) < 4.78 is 9.08. The van der Waals surface area contributed by atoms with Crippen LogP contribution in [0.15, 0.2) is 47.5 Å². The van der Waals surface area contributed by atoms with Crippen LogP contribution < -0.4 is 15.3 Å². The van der Waals surface area contributed by atoms with Crippen LogP contribution >= 0.6 is 24.0 Å². The van der Waals surface area contributed by atoms with Crippen molar-refractivity contribution in [1.82, 2.24) is 29.2 Å². The number of halogens is 2. The Balaban J connectivity index is 0.00000324. The maximum atomic E-state index is 12.9. The molecular formula is C23H31Cl2N7O2. The van der Waals surface area contributed by atoms with Crippen molar-refractivity contribution in [2.24, 2.45) is 0 Å². The van der Waals surface area contributed by atoms with E-state index in [0.29, 0.717) is 31.3 Å². The number of aromatic nitrogens is 5. The lowest BCUT2D eigenvalue weighted by molar-refractivity contribution is 0.247. The topological polar surface area (TPSA) is 81.3 Å². The van der Waals surface area contributed by atoms with E-state index in [1.54, 1.807) is 21.6 Å². The number of benzene rings is 1. The van der Waals surface area contributed by atoms with E-state index in [2.05, 4.69) is 24.9 Å². The van der Waals surface area contributed by atoms with Crippen molar-refractivity contribution in [2.75, 3.05) is 44.2 Å². The van der Waals surface area contributed by atoms with Gasteiger partial charge in [0, 0.05) is 45.7 Å².